The number of rotatable bonds is 6. The summed E-state index contributed by atoms with van der Waals surface area (Å²) in [5, 5.41) is 7.10. The molecule has 2 aromatic rings. The Kier molecular flexibility index (Phi) is 7.33. The molecule has 1 fully saturated rings. The van der Waals surface area contributed by atoms with Crippen molar-refractivity contribution >= 4 is 5.96 Å². The highest BCUT2D eigenvalue weighted by Crippen LogP contribution is 2.39. The summed E-state index contributed by atoms with van der Waals surface area (Å²) in [6.45, 7) is 12.4. The second-order valence-electron chi connectivity index (χ2n) is 9.15. The number of ether oxygens (including phenoxy) is 2. The minimum absolute atomic E-state index is 0.149. The van der Waals surface area contributed by atoms with Crippen molar-refractivity contribution < 1.29 is 9.47 Å². The number of aliphatic imine (C=N–C) groups is 1. The molecule has 0 aromatic heterocycles. The van der Waals surface area contributed by atoms with Crippen LogP contribution in [-0.2, 0) is 17.8 Å². The van der Waals surface area contributed by atoms with Crippen LogP contribution in [-0.4, -0.2) is 49.3 Å². The first-order valence-corrected chi connectivity index (χ1v) is 11.7. The molecule has 172 valence electrons. The van der Waals surface area contributed by atoms with E-state index in [1.807, 2.05) is 6.07 Å². The van der Waals surface area contributed by atoms with E-state index in [4.69, 9.17) is 14.5 Å². The average Bonchev–Trinajstić information content (AvgIpc) is 2.78. The molecule has 0 spiro atoms. The number of fused-ring (bicyclic) bond motifs is 1. The monoisotopic (exact) mass is 436 g/mol. The molecule has 4 rings (SSSR count). The molecule has 2 aromatic carbocycles. The second-order valence-corrected chi connectivity index (χ2v) is 9.15. The maximum absolute atomic E-state index is 6.19. The number of para-hydroxylation sites is 1. The van der Waals surface area contributed by atoms with Gasteiger partial charge >= 0.3 is 0 Å². The first kappa shape index (κ1) is 22.6. The van der Waals surface area contributed by atoms with E-state index in [0.29, 0.717) is 6.54 Å². The summed E-state index contributed by atoms with van der Waals surface area (Å²) in [5.74, 6) is 1.79. The summed E-state index contributed by atoms with van der Waals surface area (Å²) < 4.78 is 11.7. The largest absolute Gasteiger partial charge is 0.487 e. The molecule has 6 heteroatoms. The average molecular weight is 437 g/mol. The fourth-order valence-corrected chi connectivity index (χ4v) is 4.45. The molecule has 1 unspecified atom stereocenters. The highest BCUT2D eigenvalue weighted by Gasteiger charge is 2.34. The number of hydrogen-bond donors (Lipinski definition) is 2. The van der Waals surface area contributed by atoms with Crippen molar-refractivity contribution in [3.63, 3.8) is 0 Å². The summed E-state index contributed by atoms with van der Waals surface area (Å²) in [4.78, 5) is 7.42. The summed E-state index contributed by atoms with van der Waals surface area (Å²) in [6, 6.07) is 17.1. The van der Waals surface area contributed by atoms with Gasteiger partial charge in [-0.15, -0.1) is 0 Å². The summed E-state index contributed by atoms with van der Waals surface area (Å²) in [7, 11) is 0. The minimum Gasteiger partial charge on any atom is -0.487 e. The van der Waals surface area contributed by atoms with Crippen LogP contribution >= 0.6 is 0 Å². The second kappa shape index (κ2) is 10.4. The van der Waals surface area contributed by atoms with E-state index in [9.17, 15) is 0 Å². The first-order chi connectivity index (χ1) is 15.5. The van der Waals surface area contributed by atoms with E-state index in [1.165, 1.54) is 16.7 Å². The van der Waals surface area contributed by atoms with Crippen LogP contribution in [0.1, 0.15) is 49.9 Å². The molecule has 2 heterocycles. The van der Waals surface area contributed by atoms with Crippen LogP contribution in [0.25, 0.3) is 0 Å². The van der Waals surface area contributed by atoms with Gasteiger partial charge in [-0.05, 0) is 38.0 Å². The number of nitrogens with zero attached hydrogens (tertiary/aromatic N) is 2. The third-order valence-electron chi connectivity index (χ3n) is 6.06. The van der Waals surface area contributed by atoms with Gasteiger partial charge in [-0.25, -0.2) is 4.99 Å². The predicted molar refractivity (Wildman–Crippen MR) is 129 cm³/mol. The Hall–Kier alpha value is -2.57. The van der Waals surface area contributed by atoms with Gasteiger partial charge in [0.15, 0.2) is 5.96 Å². The Morgan fingerprint density at radius 2 is 1.78 bits per heavy atom. The van der Waals surface area contributed by atoms with Crippen LogP contribution < -0.4 is 15.4 Å². The smallest absolute Gasteiger partial charge is 0.192 e. The predicted octanol–water partition coefficient (Wildman–Crippen LogP) is 3.88. The lowest BCUT2D eigenvalue weighted by Crippen LogP contribution is -2.45. The van der Waals surface area contributed by atoms with Gasteiger partial charge in [0.2, 0.25) is 0 Å². The molecule has 6 nitrogen and oxygen atoms in total. The summed E-state index contributed by atoms with van der Waals surface area (Å²) >= 11 is 0. The van der Waals surface area contributed by atoms with Gasteiger partial charge in [0, 0.05) is 38.2 Å². The van der Waals surface area contributed by atoms with Crippen LogP contribution in [0.15, 0.2) is 53.5 Å². The maximum Gasteiger partial charge on any atom is 0.192 e. The molecule has 2 N–H and O–H groups in total. The van der Waals surface area contributed by atoms with Crippen LogP contribution in [0.2, 0.25) is 0 Å². The summed E-state index contributed by atoms with van der Waals surface area (Å²) in [6.07, 6.45) is 0.877. The normalized spacial score (nSPS) is 20.8. The van der Waals surface area contributed by atoms with Crippen LogP contribution in [0, 0.1) is 0 Å². The van der Waals surface area contributed by atoms with Gasteiger partial charge in [0.1, 0.15) is 11.4 Å². The van der Waals surface area contributed by atoms with Crippen molar-refractivity contribution in [3.8, 4) is 5.75 Å². The summed E-state index contributed by atoms with van der Waals surface area (Å²) in [5.41, 5.74) is 3.56. The van der Waals surface area contributed by atoms with Gasteiger partial charge in [0.25, 0.3) is 0 Å². The quantitative estimate of drug-likeness (QED) is 0.532. The Morgan fingerprint density at radius 1 is 1.06 bits per heavy atom. The molecule has 0 radical (unpaired) electrons. The van der Waals surface area contributed by atoms with E-state index < -0.39 is 0 Å². The van der Waals surface area contributed by atoms with Crippen LogP contribution in [0.4, 0.5) is 0 Å². The minimum atomic E-state index is -0.228. The van der Waals surface area contributed by atoms with E-state index in [2.05, 4.69) is 78.8 Å². The molecular formula is C26H36N4O2. The zero-order valence-corrected chi connectivity index (χ0v) is 19.6. The lowest BCUT2D eigenvalue weighted by Gasteiger charge is -2.38. The lowest BCUT2D eigenvalue weighted by molar-refractivity contribution is 0.0341. The molecule has 2 aliphatic heterocycles. The molecule has 0 saturated carbocycles. The number of benzene rings is 2. The molecule has 1 saturated heterocycles. The Labute approximate surface area is 192 Å². The van der Waals surface area contributed by atoms with Gasteiger partial charge < -0.3 is 20.1 Å². The number of hydrogen-bond acceptors (Lipinski definition) is 4. The van der Waals surface area contributed by atoms with Gasteiger partial charge in [-0.2, -0.15) is 0 Å². The fraction of sp³-hybridized carbons (Fsp3) is 0.500. The standard InChI is InChI=1S/C26H36N4O2/c1-4-27-25(29-23-17-26(2,3)32-24-12-8-7-11-22(23)24)28-18-20-9-5-6-10-21(20)19-30-13-15-31-16-14-30/h5-12,23H,4,13-19H2,1-3H3,(H2,27,28,29). The topological polar surface area (TPSA) is 58.1 Å². The number of morpholine rings is 1. The molecule has 32 heavy (non-hydrogen) atoms. The molecule has 2 aliphatic rings. The third-order valence-corrected chi connectivity index (χ3v) is 6.06. The molecule has 1 atom stereocenters. The highest BCUT2D eigenvalue weighted by atomic mass is 16.5. The van der Waals surface area contributed by atoms with Crippen molar-refractivity contribution in [1.29, 1.82) is 0 Å². The van der Waals surface area contributed by atoms with Gasteiger partial charge in [0.05, 0.1) is 25.8 Å². The van der Waals surface area contributed by atoms with Crippen molar-refractivity contribution in [2.75, 3.05) is 32.8 Å². The Morgan fingerprint density at radius 3 is 2.56 bits per heavy atom. The van der Waals surface area contributed by atoms with Crippen LogP contribution in [0.3, 0.4) is 0 Å². The molecule has 0 aliphatic carbocycles. The zero-order chi connectivity index (χ0) is 22.4. The zero-order valence-electron chi connectivity index (χ0n) is 19.6. The van der Waals surface area contributed by atoms with Gasteiger partial charge in [-0.1, -0.05) is 42.5 Å². The molecule has 0 bridgehead atoms. The van der Waals surface area contributed by atoms with E-state index >= 15 is 0 Å². The fourth-order valence-electron chi connectivity index (χ4n) is 4.45. The first-order valence-electron chi connectivity index (χ1n) is 11.7. The van der Waals surface area contributed by atoms with Crippen molar-refractivity contribution in [3.05, 3.63) is 65.2 Å². The number of guanidine groups is 1. The SMILES string of the molecule is CCNC(=NCc1ccccc1CN1CCOCC1)NC1CC(C)(C)Oc2ccccc21. The van der Waals surface area contributed by atoms with E-state index in [1.54, 1.807) is 0 Å². The number of nitrogens with one attached hydrogen (secondary N) is 2. The third kappa shape index (κ3) is 5.81. The highest BCUT2D eigenvalue weighted by molar-refractivity contribution is 5.80. The lowest BCUT2D eigenvalue weighted by atomic mass is 9.90. The van der Waals surface area contributed by atoms with Gasteiger partial charge in [-0.3, -0.25) is 4.90 Å². The molecular weight excluding hydrogens is 400 g/mol. The van der Waals surface area contributed by atoms with E-state index in [-0.39, 0.29) is 11.6 Å². The Bertz CT molecular complexity index is 922. The molecule has 0 amide bonds. The maximum atomic E-state index is 6.19. The van der Waals surface area contributed by atoms with Crippen molar-refractivity contribution in [1.82, 2.24) is 15.5 Å². The van der Waals surface area contributed by atoms with Crippen molar-refractivity contribution in [2.45, 2.75) is 51.9 Å². The Balaban J connectivity index is 1.50. The van der Waals surface area contributed by atoms with Crippen LogP contribution in [0.5, 0.6) is 5.75 Å². The van der Waals surface area contributed by atoms with Crippen molar-refractivity contribution in [2.24, 2.45) is 4.99 Å². The van der Waals surface area contributed by atoms with E-state index in [0.717, 1.165) is 57.5 Å².